The maximum Gasteiger partial charge on any atom is 0.257 e. The van der Waals surface area contributed by atoms with Crippen LogP contribution in [0.25, 0.3) is 0 Å². The standard InChI is InChI=1S/C15H23NO3/c1-11(2)8-9-16-15(18)10-19-14-6-4-13(5-7-14)12(3)17/h4-7,11-12,17H,8-10H2,1-3H3,(H,16,18)/t12-/m0/s1. The summed E-state index contributed by atoms with van der Waals surface area (Å²) < 4.78 is 5.37. The number of benzene rings is 1. The highest BCUT2D eigenvalue weighted by Crippen LogP contribution is 2.16. The van der Waals surface area contributed by atoms with E-state index in [-0.39, 0.29) is 12.5 Å². The van der Waals surface area contributed by atoms with Crippen LogP contribution in [0.1, 0.15) is 38.9 Å². The van der Waals surface area contributed by atoms with Gasteiger partial charge in [0.2, 0.25) is 0 Å². The van der Waals surface area contributed by atoms with Gasteiger partial charge in [0.25, 0.3) is 5.91 Å². The van der Waals surface area contributed by atoms with E-state index in [4.69, 9.17) is 4.74 Å². The molecule has 0 fully saturated rings. The molecule has 0 unspecified atom stereocenters. The monoisotopic (exact) mass is 265 g/mol. The molecule has 4 heteroatoms. The summed E-state index contributed by atoms with van der Waals surface area (Å²) in [4.78, 5) is 11.5. The van der Waals surface area contributed by atoms with Gasteiger partial charge in [-0.1, -0.05) is 26.0 Å². The minimum atomic E-state index is -0.492. The molecule has 0 saturated heterocycles. The second-order valence-corrected chi connectivity index (χ2v) is 5.07. The first-order valence-electron chi connectivity index (χ1n) is 6.66. The largest absolute Gasteiger partial charge is 0.484 e. The first-order valence-corrected chi connectivity index (χ1v) is 6.66. The average molecular weight is 265 g/mol. The molecule has 0 saturated carbocycles. The Labute approximate surface area is 114 Å². The fourth-order valence-corrected chi connectivity index (χ4v) is 1.54. The molecule has 1 atom stereocenters. The van der Waals surface area contributed by atoms with Crippen LogP contribution in [0, 0.1) is 5.92 Å². The zero-order valence-electron chi connectivity index (χ0n) is 11.8. The van der Waals surface area contributed by atoms with Crippen LogP contribution in [0.4, 0.5) is 0 Å². The highest BCUT2D eigenvalue weighted by molar-refractivity contribution is 5.77. The molecule has 0 aliphatic rings. The van der Waals surface area contributed by atoms with Crippen LogP contribution in [0.5, 0.6) is 5.75 Å². The van der Waals surface area contributed by atoms with Crippen LogP contribution in [0.15, 0.2) is 24.3 Å². The number of aliphatic hydroxyl groups excluding tert-OH is 1. The average Bonchev–Trinajstić information content (AvgIpc) is 2.36. The number of nitrogens with one attached hydrogen (secondary N) is 1. The van der Waals surface area contributed by atoms with Crippen molar-refractivity contribution in [3.05, 3.63) is 29.8 Å². The molecular formula is C15H23NO3. The molecule has 0 bridgehead atoms. The van der Waals surface area contributed by atoms with Crippen LogP contribution in [0.2, 0.25) is 0 Å². The molecule has 4 nitrogen and oxygen atoms in total. The van der Waals surface area contributed by atoms with Crippen LogP contribution >= 0.6 is 0 Å². The molecular weight excluding hydrogens is 242 g/mol. The molecule has 0 aliphatic heterocycles. The number of ether oxygens (including phenoxy) is 1. The number of hydrogen-bond acceptors (Lipinski definition) is 3. The van der Waals surface area contributed by atoms with Crippen molar-refractivity contribution in [1.82, 2.24) is 5.32 Å². The van der Waals surface area contributed by atoms with E-state index >= 15 is 0 Å². The molecule has 2 N–H and O–H groups in total. The Morgan fingerprint density at radius 2 is 1.89 bits per heavy atom. The lowest BCUT2D eigenvalue weighted by atomic mass is 10.1. The summed E-state index contributed by atoms with van der Waals surface area (Å²) in [6.07, 6.45) is 0.475. The van der Waals surface area contributed by atoms with Crippen molar-refractivity contribution in [2.45, 2.75) is 33.3 Å². The van der Waals surface area contributed by atoms with Crippen LogP contribution in [0.3, 0.4) is 0 Å². The van der Waals surface area contributed by atoms with Gasteiger partial charge in [0.1, 0.15) is 5.75 Å². The smallest absolute Gasteiger partial charge is 0.257 e. The molecule has 0 radical (unpaired) electrons. The van der Waals surface area contributed by atoms with E-state index in [1.165, 1.54) is 0 Å². The molecule has 19 heavy (non-hydrogen) atoms. The zero-order valence-corrected chi connectivity index (χ0v) is 11.8. The van der Waals surface area contributed by atoms with Crippen LogP contribution in [-0.2, 0) is 4.79 Å². The van der Waals surface area contributed by atoms with Gasteiger partial charge < -0.3 is 15.2 Å². The molecule has 0 heterocycles. The van der Waals surface area contributed by atoms with Crippen molar-refractivity contribution in [1.29, 1.82) is 0 Å². The van der Waals surface area contributed by atoms with Gasteiger partial charge in [-0.3, -0.25) is 4.79 Å². The molecule has 0 spiro atoms. The summed E-state index contributed by atoms with van der Waals surface area (Å²) in [5.41, 5.74) is 0.828. The summed E-state index contributed by atoms with van der Waals surface area (Å²) in [6.45, 7) is 6.64. The van der Waals surface area contributed by atoms with Crippen molar-refractivity contribution in [3.8, 4) is 5.75 Å². The van der Waals surface area contributed by atoms with Gasteiger partial charge in [0, 0.05) is 6.54 Å². The van der Waals surface area contributed by atoms with Gasteiger partial charge in [-0.15, -0.1) is 0 Å². The molecule has 0 aromatic heterocycles. The Morgan fingerprint density at radius 1 is 1.26 bits per heavy atom. The van der Waals surface area contributed by atoms with Gasteiger partial charge in [-0.2, -0.15) is 0 Å². The number of carbonyl (C=O) groups excluding carboxylic acids is 1. The van der Waals surface area contributed by atoms with E-state index in [0.29, 0.717) is 18.2 Å². The Balaban J connectivity index is 2.30. The fraction of sp³-hybridized carbons (Fsp3) is 0.533. The van der Waals surface area contributed by atoms with Crippen molar-refractivity contribution in [2.24, 2.45) is 5.92 Å². The molecule has 1 aromatic carbocycles. The number of rotatable bonds is 7. The number of hydrogen-bond donors (Lipinski definition) is 2. The van der Waals surface area contributed by atoms with Crippen molar-refractivity contribution in [2.75, 3.05) is 13.2 Å². The highest BCUT2D eigenvalue weighted by atomic mass is 16.5. The van der Waals surface area contributed by atoms with Crippen LogP contribution in [-0.4, -0.2) is 24.2 Å². The van der Waals surface area contributed by atoms with Gasteiger partial charge in [-0.05, 0) is 37.0 Å². The summed E-state index contributed by atoms with van der Waals surface area (Å²) >= 11 is 0. The van der Waals surface area contributed by atoms with Gasteiger partial charge in [0.05, 0.1) is 6.10 Å². The summed E-state index contributed by atoms with van der Waals surface area (Å²) in [5.74, 6) is 1.10. The molecule has 1 aromatic rings. The minimum absolute atomic E-state index is 0.0200. The second kappa shape index (κ2) is 7.79. The third-order valence-corrected chi connectivity index (χ3v) is 2.78. The van der Waals surface area contributed by atoms with E-state index < -0.39 is 6.10 Å². The van der Waals surface area contributed by atoms with Gasteiger partial charge >= 0.3 is 0 Å². The molecule has 0 aliphatic carbocycles. The van der Waals surface area contributed by atoms with Gasteiger partial charge in [-0.25, -0.2) is 0 Å². The lowest BCUT2D eigenvalue weighted by Gasteiger charge is -2.09. The first-order chi connectivity index (χ1) is 8.99. The Hall–Kier alpha value is -1.55. The summed E-state index contributed by atoms with van der Waals surface area (Å²) in [6, 6.07) is 7.08. The summed E-state index contributed by atoms with van der Waals surface area (Å²) in [5, 5.41) is 12.2. The Morgan fingerprint density at radius 3 is 2.42 bits per heavy atom. The van der Waals surface area contributed by atoms with E-state index in [0.717, 1.165) is 12.0 Å². The number of amides is 1. The van der Waals surface area contributed by atoms with E-state index in [2.05, 4.69) is 19.2 Å². The van der Waals surface area contributed by atoms with Crippen molar-refractivity contribution < 1.29 is 14.6 Å². The maximum absolute atomic E-state index is 11.5. The quantitative estimate of drug-likeness (QED) is 0.795. The van der Waals surface area contributed by atoms with Crippen molar-refractivity contribution in [3.63, 3.8) is 0 Å². The number of carbonyl (C=O) groups is 1. The first kappa shape index (κ1) is 15.5. The van der Waals surface area contributed by atoms with Crippen molar-refractivity contribution >= 4 is 5.91 Å². The molecule has 1 amide bonds. The third-order valence-electron chi connectivity index (χ3n) is 2.78. The Bertz CT molecular complexity index is 385. The topological polar surface area (TPSA) is 58.6 Å². The van der Waals surface area contributed by atoms with E-state index in [1.807, 2.05) is 0 Å². The predicted molar refractivity (Wildman–Crippen MR) is 75.0 cm³/mol. The lowest BCUT2D eigenvalue weighted by Crippen LogP contribution is -2.30. The predicted octanol–water partition coefficient (Wildman–Crippen LogP) is 2.28. The second-order valence-electron chi connectivity index (χ2n) is 5.07. The highest BCUT2D eigenvalue weighted by Gasteiger charge is 2.04. The molecule has 106 valence electrons. The van der Waals surface area contributed by atoms with E-state index in [1.54, 1.807) is 31.2 Å². The zero-order chi connectivity index (χ0) is 14.3. The Kier molecular flexibility index (Phi) is 6.36. The minimum Gasteiger partial charge on any atom is -0.484 e. The lowest BCUT2D eigenvalue weighted by molar-refractivity contribution is -0.123. The third kappa shape index (κ3) is 6.25. The SMILES string of the molecule is CC(C)CCNC(=O)COc1ccc([C@H](C)O)cc1. The van der Waals surface area contributed by atoms with E-state index in [9.17, 15) is 9.90 Å². The normalized spacial score (nSPS) is 12.3. The fourth-order valence-electron chi connectivity index (χ4n) is 1.54. The van der Waals surface area contributed by atoms with Crippen LogP contribution < -0.4 is 10.1 Å². The maximum atomic E-state index is 11.5. The number of aliphatic hydroxyl groups is 1. The summed E-state index contributed by atoms with van der Waals surface area (Å²) in [7, 11) is 0. The molecule has 1 rings (SSSR count). The van der Waals surface area contributed by atoms with Gasteiger partial charge in [0.15, 0.2) is 6.61 Å².